The van der Waals surface area contributed by atoms with Crippen molar-refractivity contribution in [2.75, 3.05) is 33.3 Å². The van der Waals surface area contributed by atoms with E-state index in [1.807, 2.05) is 13.1 Å². The molecule has 142 valence electrons. The van der Waals surface area contributed by atoms with Gasteiger partial charge in [-0.25, -0.2) is 0 Å². The van der Waals surface area contributed by atoms with E-state index in [-0.39, 0.29) is 0 Å². The SMILES string of the molecule is CN=C(NCCOc1ccc2ccccc2c1)N1CC2C3CCC(O3)C2C1. The highest BCUT2D eigenvalue weighted by atomic mass is 16.5. The summed E-state index contributed by atoms with van der Waals surface area (Å²) >= 11 is 0. The van der Waals surface area contributed by atoms with Crippen molar-refractivity contribution in [3.63, 3.8) is 0 Å². The van der Waals surface area contributed by atoms with Gasteiger partial charge in [-0.1, -0.05) is 30.3 Å². The van der Waals surface area contributed by atoms with Crippen LogP contribution in [-0.4, -0.2) is 56.4 Å². The zero-order valence-corrected chi connectivity index (χ0v) is 15.8. The van der Waals surface area contributed by atoms with Crippen LogP contribution >= 0.6 is 0 Å². The molecule has 3 aliphatic heterocycles. The molecule has 2 aromatic carbocycles. The van der Waals surface area contributed by atoms with Crippen molar-refractivity contribution in [2.45, 2.75) is 25.0 Å². The van der Waals surface area contributed by atoms with Crippen molar-refractivity contribution >= 4 is 16.7 Å². The minimum atomic E-state index is 0.486. The Morgan fingerprint density at radius 1 is 1.11 bits per heavy atom. The second-order valence-electron chi connectivity index (χ2n) is 7.85. The minimum absolute atomic E-state index is 0.486. The fourth-order valence-corrected chi connectivity index (χ4v) is 5.05. The van der Waals surface area contributed by atoms with E-state index in [0.29, 0.717) is 30.7 Å². The number of hydrogen-bond acceptors (Lipinski definition) is 3. The van der Waals surface area contributed by atoms with Crippen LogP contribution in [0, 0.1) is 11.8 Å². The fourth-order valence-electron chi connectivity index (χ4n) is 5.05. The Bertz CT molecular complexity index is 834. The molecule has 0 saturated carbocycles. The van der Waals surface area contributed by atoms with Gasteiger partial charge in [0.25, 0.3) is 0 Å². The summed E-state index contributed by atoms with van der Waals surface area (Å²) in [6, 6.07) is 14.6. The van der Waals surface area contributed by atoms with Crippen LogP contribution < -0.4 is 10.1 Å². The quantitative estimate of drug-likeness (QED) is 0.514. The monoisotopic (exact) mass is 365 g/mol. The molecule has 3 saturated heterocycles. The maximum atomic E-state index is 6.07. The second kappa shape index (κ2) is 7.04. The Balaban J connectivity index is 1.13. The van der Waals surface area contributed by atoms with Crippen molar-refractivity contribution in [3.8, 4) is 5.75 Å². The number of hydrogen-bond donors (Lipinski definition) is 1. The van der Waals surface area contributed by atoms with E-state index >= 15 is 0 Å². The van der Waals surface area contributed by atoms with E-state index in [0.717, 1.165) is 31.3 Å². The summed E-state index contributed by atoms with van der Waals surface area (Å²) in [6.45, 7) is 3.50. The third-order valence-corrected chi connectivity index (χ3v) is 6.34. The standard InChI is InChI=1S/C22H27N3O2/c1-23-22(25-13-18-19(14-25)21-9-8-20(18)27-21)24-10-11-26-17-7-6-15-4-2-3-5-16(15)12-17/h2-7,12,18-21H,8-11,13-14H2,1H3,(H,23,24). The maximum absolute atomic E-state index is 6.07. The molecule has 5 rings (SSSR count). The first kappa shape index (κ1) is 16.9. The second-order valence-corrected chi connectivity index (χ2v) is 7.85. The van der Waals surface area contributed by atoms with Crippen molar-refractivity contribution in [1.29, 1.82) is 0 Å². The predicted molar refractivity (Wildman–Crippen MR) is 107 cm³/mol. The predicted octanol–water partition coefficient (Wildman–Crippen LogP) is 2.90. The third-order valence-electron chi connectivity index (χ3n) is 6.34. The van der Waals surface area contributed by atoms with Crippen molar-refractivity contribution < 1.29 is 9.47 Å². The Morgan fingerprint density at radius 3 is 2.59 bits per heavy atom. The molecule has 0 spiro atoms. The fraction of sp³-hybridized carbons (Fsp3) is 0.500. The van der Waals surface area contributed by atoms with Gasteiger partial charge in [-0.05, 0) is 35.7 Å². The Kier molecular flexibility index (Phi) is 4.40. The van der Waals surface area contributed by atoms with Crippen LogP contribution in [0.3, 0.4) is 0 Å². The van der Waals surface area contributed by atoms with Gasteiger partial charge in [-0.2, -0.15) is 0 Å². The van der Waals surface area contributed by atoms with Gasteiger partial charge in [0.05, 0.1) is 18.8 Å². The first-order valence-electron chi connectivity index (χ1n) is 10.0. The topological polar surface area (TPSA) is 46.1 Å². The van der Waals surface area contributed by atoms with E-state index < -0.39 is 0 Å². The third kappa shape index (κ3) is 3.14. The maximum Gasteiger partial charge on any atom is 0.193 e. The Morgan fingerprint density at radius 2 is 1.85 bits per heavy atom. The highest BCUT2D eigenvalue weighted by molar-refractivity contribution is 5.83. The summed E-state index contributed by atoms with van der Waals surface area (Å²) in [6.07, 6.45) is 3.45. The zero-order valence-electron chi connectivity index (χ0n) is 15.8. The molecule has 27 heavy (non-hydrogen) atoms. The molecule has 5 nitrogen and oxygen atoms in total. The van der Waals surface area contributed by atoms with E-state index in [2.05, 4.69) is 51.6 Å². The molecule has 5 heteroatoms. The molecule has 2 aromatic rings. The number of ether oxygens (including phenoxy) is 2. The number of nitrogens with one attached hydrogen (secondary N) is 1. The number of likely N-dealkylation sites (tertiary alicyclic amines) is 1. The van der Waals surface area contributed by atoms with Gasteiger partial charge in [0.2, 0.25) is 0 Å². The molecule has 0 amide bonds. The molecule has 3 heterocycles. The lowest BCUT2D eigenvalue weighted by atomic mass is 9.82. The molecule has 0 aromatic heterocycles. The molecular weight excluding hydrogens is 338 g/mol. The molecule has 0 aliphatic carbocycles. The lowest BCUT2D eigenvalue weighted by molar-refractivity contribution is 0.0767. The number of rotatable bonds is 4. The van der Waals surface area contributed by atoms with Crippen LogP contribution in [0.15, 0.2) is 47.5 Å². The summed E-state index contributed by atoms with van der Waals surface area (Å²) in [7, 11) is 1.87. The lowest BCUT2D eigenvalue weighted by Gasteiger charge is -2.23. The van der Waals surface area contributed by atoms with Crippen LogP contribution in [0.4, 0.5) is 0 Å². The van der Waals surface area contributed by atoms with E-state index in [9.17, 15) is 0 Å². The number of benzene rings is 2. The zero-order chi connectivity index (χ0) is 18.2. The molecule has 1 N–H and O–H groups in total. The van der Waals surface area contributed by atoms with Crippen LogP contribution in [0.5, 0.6) is 5.75 Å². The average molecular weight is 365 g/mol. The normalized spacial score (nSPS) is 29.4. The highest BCUT2D eigenvalue weighted by Crippen LogP contribution is 2.47. The van der Waals surface area contributed by atoms with Crippen molar-refractivity contribution in [1.82, 2.24) is 10.2 Å². The summed E-state index contributed by atoms with van der Waals surface area (Å²) in [5.41, 5.74) is 0. The first-order chi connectivity index (χ1) is 13.3. The summed E-state index contributed by atoms with van der Waals surface area (Å²) in [5.74, 6) is 3.29. The van der Waals surface area contributed by atoms with Gasteiger partial charge >= 0.3 is 0 Å². The minimum Gasteiger partial charge on any atom is -0.492 e. The number of nitrogens with zero attached hydrogens (tertiary/aromatic N) is 2. The molecular formula is C22H27N3O2. The van der Waals surface area contributed by atoms with Gasteiger partial charge in [-0.15, -0.1) is 0 Å². The lowest BCUT2D eigenvalue weighted by Crippen LogP contribution is -2.42. The van der Waals surface area contributed by atoms with Crippen molar-refractivity contribution in [3.05, 3.63) is 42.5 Å². The van der Waals surface area contributed by atoms with E-state index in [1.54, 1.807) is 0 Å². The molecule has 4 atom stereocenters. The Labute approximate surface area is 160 Å². The molecule has 3 fully saturated rings. The van der Waals surface area contributed by atoms with Gasteiger partial charge in [0.1, 0.15) is 12.4 Å². The molecule has 2 bridgehead atoms. The number of fused-ring (bicyclic) bond motifs is 6. The largest absolute Gasteiger partial charge is 0.492 e. The highest BCUT2D eigenvalue weighted by Gasteiger charge is 2.53. The Hall–Kier alpha value is -2.27. The van der Waals surface area contributed by atoms with Gasteiger partial charge in [0.15, 0.2) is 5.96 Å². The van der Waals surface area contributed by atoms with Crippen LogP contribution in [0.25, 0.3) is 10.8 Å². The number of aliphatic imine (C=N–C) groups is 1. The average Bonchev–Trinajstić information content (AvgIpc) is 3.41. The van der Waals surface area contributed by atoms with Crippen LogP contribution in [0.1, 0.15) is 12.8 Å². The van der Waals surface area contributed by atoms with Crippen molar-refractivity contribution in [2.24, 2.45) is 16.8 Å². The molecule has 0 radical (unpaired) electrons. The van der Waals surface area contributed by atoms with Gasteiger partial charge in [-0.3, -0.25) is 4.99 Å². The summed E-state index contributed by atoms with van der Waals surface area (Å²) < 4.78 is 12.0. The molecule has 3 aliphatic rings. The summed E-state index contributed by atoms with van der Waals surface area (Å²) in [4.78, 5) is 6.89. The van der Waals surface area contributed by atoms with Crippen LogP contribution in [-0.2, 0) is 4.74 Å². The number of guanidine groups is 1. The van der Waals surface area contributed by atoms with Gasteiger partial charge < -0.3 is 19.7 Å². The smallest absolute Gasteiger partial charge is 0.193 e. The van der Waals surface area contributed by atoms with E-state index in [1.165, 1.54) is 23.6 Å². The first-order valence-corrected chi connectivity index (χ1v) is 10.0. The molecule has 4 unspecified atom stereocenters. The van der Waals surface area contributed by atoms with Crippen LogP contribution in [0.2, 0.25) is 0 Å². The van der Waals surface area contributed by atoms with E-state index in [4.69, 9.17) is 9.47 Å². The summed E-state index contributed by atoms with van der Waals surface area (Å²) in [5, 5.41) is 5.91. The van der Waals surface area contributed by atoms with Gasteiger partial charge in [0, 0.05) is 32.0 Å².